The van der Waals surface area contributed by atoms with Gasteiger partial charge in [0.1, 0.15) is 18.1 Å². The van der Waals surface area contributed by atoms with Gasteiger partial charge in [-0.3, -0.25) is 9.48 Å². The lowest BCUT2D eigenvalue weighted by Gasteiger charge is -2.08. The van der Waals surface area contributed by atoms with Crippen LogP contribution in [0.4, 0.5) is 5.82 Å². The van der Waals surface area contributed by atoms with Gasteiger partial charge in [-0.05, 0) is 30.7 Å². The number of para-hydroxylation sites is 1. The van der Waals surface area contributed by atoms with E-state index in [2.05, 4.69) is 15.6 Å². The molecule has 0 aliphatic carbocycles. The summed E-state index contributed by atoms with van der Waals surface area (Å²) in [4.78, 5) is 12.8. The summed E-state index contributed by atoms with van der Waals surface area (Å²) < 4.78 is 12.6. The number of benzene rings is 2. The number of carbonyl (C=O) groups is 1. The maximum atomic E-state index is 12.8. The number of carbonyl (C=O) groups excluding carboxylic acids is 1. The van der Waals surface area contributed by atoms with Crippen molar-refractivity contribution in [2.45, 2.75) is 20.1 Å². The van der Waals surface area contributed by atoms with Crippen LogP contribution in [0.1, 0.15) is 27.4 Å². The highest BCUT2D eigenvalue weighted by Gasteiger charge is 2.21. The maximum Gasteiger partial charge on any atom is 0.279 e. The molecule has 0 unspecified atom stereocenters. The molecule has 1 N–H and O–H groups in total. The zero-order chi connectivity index (χ0) is 21.8. The number of nitrogens with one attached hydrogen (secondary N) is 1. The highest BCUT2D eigenvalue weighted by molar-refractivity contribution is 6.32. The van der Waals surface area contributed by atoms with E-state index in [9.17, 15) is 4.79 Å². The van der Waals surface area contributed by atoms with Crippen LogP contribution in [0.2, 0.25) is 10.0 Å². The van der Waals surface area contributed by atoms with Crippen molar-refractivity contribution in [3.63, 3.8) is 0 Å². The summed E-state index contributed by atoms with van der Waals surface area (Å²) in [5.41, 5.74) is 1.59. The predicted octanol–water partition coefficient (Wildman–Crippen LogP) is 5.37. The summed E-state index contributed by atoms with van der Waals surface area (Å²) in [6.07, 6.45) is 1.76. The fourth-order valence-corrected chi connectivity index (χ4v) is 3.33. The minimum Gasteiger partial charge on any atom is -0.487 e. The monoisotopic (exact) mass is 456 g/mol. The Bertz CT molecular complexity index is 1220. The minimum absolute atomic E-state index is 0.0861. The second kappa shape index (κ2) is 9.24. The summed E-state index contributed by atoms with van der Waals surface area (Å²) in [6.45, 7) is 2.28. The van der Waals surface area contributed by atoms with Gasteiger partial charge in [-0.15, -0.1) is 0 Å². The molecule has 0 aliphatic rings. The second-order valence-corrected chi connectivity index (χ2v) is 7.54. The van der Waals surface area contributed by atoms with E-state index in [1.807, 2.05) is 36.4 Å². The fourth-order valence-electron chi connectivity index (χ4n) is 2.94. The normalized spacial score (nSPS) is 10.8. The quantitative estimate of drug-likeness (QED) is 0.404. The molecule has 0 spiro atoms. The van der Waals surface area contributed by atoms with Crippen molar-refractivity contribution in [1.82, 2.24) is 14.9 Å². The van der Waals surface area contributed by atoms with Crippen molar-refractivity contribution in [3.8, 4) is 5.75 Å². The molecule has 4 aromatic rings. The van der Waals surface area contributed by atoms with Crippen LogP contribution >= 0.6 is 23.2 Å². The number of nitrogens with zero attached hydrogens (tertiary/aromatic N) is 3. The zero-order valence-corrected chi connectivity index (χ0v) is 18.0. The van der Waals surface area contributed by atoms with Gasteiger partial charge in [0.25, 0.3) is 5.91 Å². The molecule has 0 bridgehead atoms. The van der Waals surface area contributed by atoms with Crippen LogP contribution in [0.25, 0.3) is 0 Å². The lowest BCUT2D eigenvalue weighted by molar-refractivity contribution is 0.101. The van der Waals surface area contributed by atoms with E-state index >= 15 is 0 Å². The van der Waals surface area contributed by atoms with E-state index in [0.29, 0.717) is 39.5 Å². The third-order valence-corrected chi connectivity index (χ3v) is 5.26. The molecule has 31 heavy (non-hydrogen) atoms. The van der Waals surface area contributed by atoms with Gasteiger partial charge in [0, 0.05) is 17.3 Å². The summed E-state index contributed by atoms with van der Waals surface area (Å²) >= 11 is 12.3. The number of ether oxygens (including phenoxy) is 1. The van der Waals surface area contributed by atoms with Crippen LogP contribution < -0.4 is 10.1 Å². The van der Waals surface area contributed by atoms with Crippen LogP contribution in [0.5, 0.6) is 5.75 Å². The first-order valence-electron chi connectivity index (χ1n) is 9.42. The molecule has 0 saturated heterocycles. The highest BCUT2D eigenvalue weighted by Crippen LogP contribution is 2.25. The third kappa shape index (κ3) is 4.90. The Morgan fingerprint density at radius 1 is 1.10 bits per heavy atom. The standard InChI is InChI=1S/C22H18Cl2N4O3/c1-14-16(13-30-19-9-5-4-8-18(19)24)21(27-31-14)22(29)25-20-10-11-28(26-20)12-15-6-2-3-7-17(15)23/h2-11H,12-13H2,1H3,(H,25,26,29). The van der Waals surface area contributed by atoms with Gasteiger partial charge in [0.05, 0.1) is 17.1 Å². The van der Waals surface area contributed by atoms with E-state index in [1.165, 1.54) is 0 Å². The molecule has 2 aromatic carbocycles. The van der Waals surface area contributed by atoms with Gasteiger partial charge < -0.3 is 14.6 Å². The highest BCUT2D eigenvalue weighted by atomic mass is 35.5. The molecular formula is C22H18Cl2N4O3. The van der Waals surface area contributed by atoms with Crippen LogP contribution in [-0.2, 0) is 13.2 Å². The number of halogens is 2. The second-order valence-electron chi connectivity index (χ2n) is 6.73. The Balaban J connectivity index is 1.44. The summed E-state index contributed by atoms with van der Waals surface area (Å²) in [6, 6.07) is 16.3. The van der Waals surface area contributed by atoms with Crippen LogP contribution in [-0.4, -0.2) is 20.8 Å². The molecule has 2 heterocycles. The molecule has 4 rings (SSSR count). The van der Waals surface area contributed by atoms with Crippen molar-refractivity contribution < 1.29 is 14.1 Å². The molecule has 0 aliphatic heterocycles. The van der Waals surface area contributed by atoms with Gasteiger partial charge in [0.15, 0.2) is 11.5 Å². The van der Waals surface area contributed by atoms with Crippen molar-refractivity contribution in [2.24, 2.45) is 0 Å². The van der Waals surface area contributed by atoms with E-state index in [1.54, 1.807) is 36.0 Å². The molecule has 0 fully saturated rings. The largest absolute Gasteiger partial charge is 0.487 e. The molecule has 0 radical (unpaired) electrons. The topological polar surface area (TPSA) is 82.2 Å². The number of hydrogen-bond donors (Lipinski definition) is 1. The van der Waals surface area contributed by atoms with E-state index in [0.717, 1.165) is 5.56 Å². The average molecular weight is 457 g/mol. The lowest BCUT2D eigenvalue weighted by Crippen LogP contribution is -2.16. The van der Waals surface area contributed by atoms with Gasteiger partial charge in [-0.2, -0.15) is 5.10 Å². The lowest BCUT2D eigenvalue weighted by atomic mass is 10.2. The third-order valence-electron chi connectivity index (χ3n) is 4.58. The Morgan fingerprint density at radius 2 is 1.84 bits per heavy atom. The Kier molecular flexibility index (Phi) is 6.25. The first-order chi connectivity index (χ1) is 15.0. The number of anilines is 1. The first kappa shape index (κ1) is 21.0. The molecular weight excluding hydrogens is 439 g/mol. The average Bonchev–Trinajstić information content (AvgIpc) is 3.35. The number of aryl methyl sites for hydroxylation is 1. The van der Waals surface area contributed by atoms with Gasteiger partial charge in [-0.1, -0.05) is 58.7 Å². The molecule has 2 aromatic heterocycles. The zero-order valence-electron chi connectivity index (χ0n) is 16.5. The summed E-state index contributed by atoms with van der Waals surface area (Å²) in [5, 5.41) is 12.1. The number of aromatic nitrogens is 3. The fraction of sp³-hybridized carbons (Fsp3) is 0.136. The first-order valence-corrected chi connectivity index (χ1v) is 10.2. The predicted molar refractivity (Wildman–Crippen MR) is 118 cm³/mol. The summed E-state index contributed by atoms with van der Waals surface area (Å²) in [7, 11) is 0. The van der Waals surface area contributed by atoms with Crippen molar-refractivity contribution >= 4 is 34.9 Å². The number of amides is 1. The van der Waals surface area contributed by atoms with Crippen LogP contribution in [0, 0.1) is 6.92 Å². The van der Waals surface area contributed by atoms with Gasteiger partial charge in [0.2, 0.25) is 0 Å². The van der Waals surface area contributed by atoms with Gasteiger partial charge >= 0.3 is 0 Å². The smallest absolute Gasteiger partial charge is 0.279 e. The Morgan fingerprint density at radius 3 is 2.61 bits per heavy atom. The summed E-state index contributed by atoms with van der Waals surface area (Å²) in [5.74, 6) is 0.934. The Hall–Kier alpha value is -3.29. The molecule has 7 nitrogen and oxygen atoms in total. The van der Waals surface area contributed by atoms with Crippen LogP contribution in [0.15, 0.2) is 65.3 Å². The van der Waals surface area contributed by atoms with E-state index in [-0.39, 0.29) is 12.3 Å². The molecule has 9 heteroatoms. The molecule has 158 valence electrons. The Labute approximate surface area is 188 Å². The van der Waals surface area contributed by atoms with E-state index in [4.69, 9.17) is 32.5 Å². The van der Waals surface area contributed by atoms with Crippen molar-refractivity contribution in [2.75, 3.05) is 5.32 Å². The molecule has 0 atom stereocenters. The van der Waals surface area contributed by atoms with E-state index < -0.39 is 5.91 Å². The SMILES string of the molecule is Cc1onc(C(=O)Nc2ccn(Cc3ccccc3Cl)n2)c1COc1ccccc1Cl. The van der Waals surface area contributed by atoms with Crippen molar-refractivity contribution in [1.29, 1.82) is 0 Å². The van der Waals surface area contributed by atoms with Crippen LogP contribution in [0.3, 0.4) is 0 Å². The van der Waals surface area contributed by atoms with Gasteiger partial charge in [-0.25, -0.2) is 0 Å². The molecule has 0 saturated carbocycles. The maximum absolute atomic E-state index is 12.8. The van der Waals surface area contributed by atoms with Crippen molar-refractivity contribution in [3.05, 3.63) is 93.4 Å². The number of rotatable bonds is 7. The molecule has 1 amide bonds. The number of hydrogen-bond acceptors (Lipinski definition) is 5. The minimum atomic E-state index is -0.447.